The van der Waals surface area contributed by atoms with Gasteiger partial charge in [0.2, 0.25) is 16.9 Å². The molecule has 0 aliphatic rings. The molecule has 0 fully saturated rings. The van der Waals surface area contributed by atoms with Crippen LogP contribution in [-0.2, 0) is 16.0 Å². The van der Waals surface area contributed by atoms with Gasteiger partial charge >= 0.3 is 0 Å². The quantitative estimate of drug-likeness (QED) is 0.561. The van der Waals surface area contributed by atoms with Crippen molar-refractivity contribution >= 4 is 39.6 Å². The number of rotatable bonds is 8. The summed E-state index contributed by atoms with van der Waals surface area (Å²) < 4.78 is 0. The standard InChI is InChI=1S/C21H24N4O2S2/c1-4-14(3)18(22-17(26)12-16-6-5-11-28-16)19(27)23-21-25-24-20(29-21)15-9-7-13(2)8-10-15/h5-11,14,18H,4,12H2,1-3H3,(H,22,26)(H,23,25,27). The highest BCUT2D eigenvalue weighted by Crippen LogP contribution is 2.26. The number of nitrogens with zero attached hydrogens (tertiary/aromatic N) is 2. The van der Waals surface area contributed by atoms with Crippen LogP contribution in [0.15, 0.2) is 41.8 Å². The molecule has 0 saturated heterocycles. The Kier molecular flexibility index (Phi) is 7.11. The number of hydrogen-bond acceptors (Lipinski definition) is 6. The molecule has 2 N–H and O–H groups in total. The largest absolute Gasteiger partial charge is 0.344 e. The number of carbonyl (C=O) groups excluding carboxylic acids is 2. The molecule has 2 amide bonds. The minimum absolute atomic E-state index is 0.00761. The smallest absolute Gasteiger partial charge is 0.249 e. The van der Waals surface area contributed by atoms with Crippen LogP contribution in [0, 0.1) is 12.8 Å². The van der Waals surface area contributed by atoms with Crippen molar-refractivity contribution in [3.8, 4) is 10.6 Å². The van der Waals surface area contributed by atoms with Crippen LogP contribution in [0.1, 0.15) is 30.7 Å². The second kappa shape index (κ2) is 9.76. The van der Waals surface area contributed by atoms with E-state index in [0.29, 0.717) is 5.13 Å². The van der Waals surface area contributed by atoms with E-state index in [9.17, 15) is 9.59 Å². The summed E-state index contributed by atoms with van der Waals surface area (Å²) in [5, 5.41) is 17.1. The van der Waals surface area contributed by atoms with Crippen molar-refractivity contribution in [2.45, 2.75) is 39.7 Å². The van der Waals surface area contributed by atoms with E-state index >= 15 is 0 Å². The van der Waals surface area contributed by atoms with Crippen LogP contribution in [0.3, 0.4) is 0 Å². The van der Waals surface area contributed by atoms with E-state index < -0.39 is 6.04 Å². The lowest BCUT2D eigenvalue weighted by Gasteiger charge is -2.22. The third kappa shape index (κ3) is 5.71. The molecule has 0 aliphatic carbocycles. The van der Waals surface area contributed by atoms with Gasteiger partial charge in [-0.25, -0.2) is 0 Å². The molecule has 0 bridgehead atoms. The second-order valence-electron chi connectivity index (χ2n) is 6.95. The van der Waals surface area contributed by atoms with E-state index in [-0.39, 0.29) is 24.2 Å². The SMILES string of the molecule is CCC(C)C(NC(=O)Cc1cccs1)C(=O)Nc1nnc(-c2ccc(C)cc2)s1. The predicted octanol–water partition coefficient (Wildman–Crippen LogP) is 4.29. The van der Waals surface area contributed by atoms with E-state index in [1.165, 1.54) is 28.2 Å². The zero-order valence-electron chi connectivity index (χ0n) is 16.6. The van der Waals surface area contributed by atoms with Crippen molar-refractivity contribution in [2.24, 2.45) is 5.92 Å². The van der Waals surface area contributed by atoms with E-state index in [1.54, 1.807) is 0 Å². The average Bonchev–Trinajstić information content (AvgIpc) is 3.38. The van der Waals surface area contributed by atoms with Gasteiger partial charge < -0.3 is 5.32 Å². The zero-order chi connectivity index (χ0) is 20.8. The third-order valence-corrected chi connectivity index (χ3v) is 6.44. The van der Waals surface area contributed by atoms with E-state index in [2.05, 4.69) is 20.8 Å². The number of amides is 2. The molecule has 6 nitrogen and oxygen atoms in total. The molecule has 0 radical (unpaired) electrons. The summed E-state index contributed by atoms with van der Waals surface area (Å²) in [4.78, 5) is 26.2. The predicted molar refractivity (Wildman–Crippen MR) is 118 cm³/mol. The number of benzene rings is 1. The van der Waals surface area contributed by atoms with Crippen LogP contribution in [0.2, 0.25) is 0 Å². The van der Waals surface area contributed by atoms with Crippen molar-refractivity contribution < 1.29 is 9.59 Å². The summed E-state index contributed by atoms with van der Waals surface area (Å²) in [6.07, 6.45) is 1.04. The van der Waals surface area contributed by atoms with Gasteiger partial charge in [-0.15, -0.1) is 21.5 Å². The van der Waals surface area contributed by atoms with E-state index in [4.69, 9.17) is 0 Å². The highest BCUT2D eigenvalue weighted by atomic mass is 32.1. The number of anilines is 1. The monoisotopic (exact) mass is 428 g/mol. The number of aromatic nitrogens is 2. The Balaban J connectivity index is 1.66. The Morgan fingerprint density at radius 2 is 1.90 bits per heavy atom. The van der Waals surface area contributed by atoms with Crippen molar-refractivity contribution in [2.75, 3.05) is 5.32 Å². The second-order valence-corrected chi connectivity index (χ2v) is 8.96. The molecule has 2 unspecified atom stereocenters. The molecule has 3 aromatic rings. The molecule has 2 aromatic heterocycles. The molecule has 1 aromatic carbocycles. The zero-order valence-corrected chi connectivity index (χ0v) is 18.3. The molecular weight excluding hydrogens is 404 g/mol. The summed E-state index contributed by atoms with van der Waals surface area (Å²) in [5.74, 6) is -0.442. The van der Waals surface area contributed by atoms with E-state index in [1.807, 2.05) is 62.5 Å². The number of hydrogen-bond donors (Lipinski definition) is 2. The fourth-order valence-corrected chi connectivity index (χ4v) is 4.22. The summed E-state index contributed by atoms with van der Waals surface area (Å²) in [7, 11) is 0. The molecule has 0 saturated carbocycles. The number of aryl methyl sites for hydroxylation is 1. The molecule has 152 valence electrons. The maximum Gasteiger partial charge on any atom is 0.249 e. The molecule has 0 aliphatic heterocycles. The van der Waals surface area contributed by atoms with Crippen molar-refractivity contribution in [3.05, 3.63) is 52.2 Å². The van der Waals surface area contributed by atoms with Crippen LogP contribution in [-0.4, -0.2) is 28.1 Å². The minimum Gasteiger partial charge on any atom is -0.344 e. The molecule has 29 heavy (non-hydrogen) atoms. The summed E-state index contributed by atoms with van der Waals surface area (Å²) in [6, 6.07) is 11.2. The first-order chi connectivity index (χ1) is 14.0. The van der Waals surface area contributed by atoms with Crippen LogP contribution >= 0.6 is 22.7 Å². The van der Waals surface area contributed by atoms with Gasteiger partial charge in [0.05, 0.1) is 6.42 Å². The van der Waals surface area contributed by atoms with Crippen LogP contribution < -0.4 is 10.6 Å². The van der Waals surface area contributed by atoms with Crippen LogP contribution in [0.25, 0.3) is 10.6 Å². The first-order valence-electron chi connectivity index (χ1n) is 9.49. The lowest BCUT2D eigenvalue weighted by atomic mass is 9.98. The van der Waals surface area contributed by atoms with Gasteiger partial charge in [-0.1, -0.05) is 67.5 Å². The lowest BCUT2D eigenvalue weighted by molar-refractivity contribution is -0.127. The Hall–Kier alpha value is -2.58. The Bertz CT molecular complexity index is 951. The topological polar surface area (TPSA) is 84.0 Å². The van der Waals surface area contributed by atoms with Crippen molar-refractivity contribution in [3.63, 3.8) is 0 Å². The molecule has 0 spiro atoms. The fourth-order valence-electron chi connectivity index (χ4n) is 2.77. The summed E-state index contributed by atoms with van der Waals surface area (Å²) >= 11 is 2.84. The number of carbonyl (C=O) groups is 2. The normalized spacial score (nSPS) is 12.9. The van der Waals surface area contributed by atoms with Crippen molar-refractivity contribution in [1.29, 1.82) is 0 Å². The van der Waals surface area contributed by atoms with Crippen LogP contribution in [0.4, 0.5) is 5.13 Å². The third-order valence-electron chi connectivity index (χ3n) is 4.68. The van der Waals surface area contributed by atoms with Gasteiger partial charge in [-0.2, -0.15) is 0 Å². The van der Waals surface area contributed by atoms with Gasteiger partial charge in [-0.05, 0) is 24.3 Å². The Labute approximate surface area is 178 Å². The van der Waals surface area contributed by atoms with Gasteiger partial charge in [0.25, 0.3) is 0 Å². The highest BCUT2D eigenvalue weighted by molar-refractivity contribution is 7.18. The molecule has 3 rings (SSSR count). The maximum absolute atomic E-state index is 12.9. The van der Waals surface area contributed by atoms with E-state index in [0.717, 1.165) is 21.9 Å². The number of nitrogens with one attached hydrogen (secondary N) is 2. The van der Waals surface area contributed by atoms with Gasteiger partial charge in [0.1, 0.15) is 11.0 Å². The minimum atomic E-state index is -0.626. The van der Waals surface area contributed by atoms with Gasteiger partial charge in [0, 0.05) is 10.4 Å². The number of thiophene rings is 1. The molecule has 8 heteroatoms. The van der Waals surface area contributed by atoms with Crippen molar-refractivity contribution in [1.82, 2.24) is 15.5 Å². The Morgan fingerprint density at radius 3 is 2.55 bits per heavy atom. The summed E-state index contributed by atoms with van der Waals surface area (Å²) in [5.41, 5.74) is 2.12. The average molecular weight is 429 g/mol. The Morgan fingerprint density at radius 1 is 1.14 bits per heavy atom. The highest BCUT2D eigenvalue weighted by Gasteiger charge is 2.27. The first kappa shape index (κ1) is 21.1. The molecule has 2 heterocycles. The summed E-state index contributed by atoms with van der Waals surface area (Å²) in [6.45, 7) is 5.97. The first-order valence-corrected chi connectivity index (χ1v) is 11.2. The molecule has 2 atom stereocenters. The lowest BCUT2D eigenvalue weighted by Crippen LogP contribution is -2.48. The molecular formula is C21H24N4O2S2. The van der Waals surface area contributed by atoms with Gasteiger partial charge in [0.15, 0.2) is 0 Å². The fraction of sp³-hybridized carbons (Fsp3) is 0.333. The maximum atomic E-state index is 12.9. The van der Waals surface area contributed by atoms with Crippen LogP contribution in [0.5, 0.6) is 0 Å². The van der Waals surface area contributed by atoms with Gasteiger partial charge in [-0.3, -0.25) is 14.9 Å².